The van der Waals surface area contributed by atoms with E-state index in [-0.39, 0.29) is 17.7 Å². The standard InChI is InChI=1S/C10H15NO2/c1-6(12)9-7-3-4-8(5-7)10(9)11(2)13/h3-4,7-10,13H,5H2,1-2H3/t7?,8?,9-,10+/m1/s1. The molecule has 0 spiro atoms. The Kier molecular flexibility index (Phi) is 2.00. The Morgan fingerprint density at radius 3 is 2.54 bits per heavy atom. The molecule has 0 aliphatic heterocycles. The van der Waals surface area contributed by atoms with Crippen LogP contribution in [0.2, 0.25) is 0 Å². The predicted molar refractivity (Wildman–Crippen MR) is 48.2 cm³/mol. The summed E-state index contributed by atoms with van der Waals surface area (Å²) in [6.45, 7) is 1.62. The van der Waals surface area contributed by atoms with E-state index in [4.69, 9.17) is 0 Å². The summed E-state index contributed by atoms with van der Waals surface area (Å²) in [7, 11) is 1.63. The first-order chi connectivity index (χ1) is 6.11. The molecular weight excluding hydrogens is 166 g/mol. The molecule has 72 valence electrons. The Hall–Kier alpha value is -0.670. The molecule has 0 aromatic carbocycles. The van der Waals surface area contributed by atoms with Gasteiger partial charge in [-0.2, -0.15) is 5.06 Å². The first kappa shape index (κ1) is 8.91. The lowest BCUT2D eigenvalue weighted by atomic mass is 9.86. The van der Waals surface area contributed by atoms with Crippen molar-refractivity contribution in [2.24, 2.45) is 17.8 Å². The number of hydrogen-bond acceptors (Lipinski definition) is 3. The van der Waals surface area contributed by atoms with Gasteiger partial charge in [0.2, 0.25) is 0 Å². The van der Waals surface area contributed by atoms with Gasteiger partial charge in [0.1, 0.15) is 5.78 Å². The van der Waals surface area contributed by atoms with E-state index in [2.05, 4.69) is 12.2 Å². The zero-order valence-corrected chi connectivity index (χ0v) is 7.97. The van der Waals surface area contributed by atoms with E-state index in [1.807, 2.05) is 0 Å². The van der Waals surface area contributed by atoms with Crippen molar-refractivity contribution in [1.29, 1.82) is 0 Å². The van der Waals surface area contributed by atoms with Gasteiger partial charge >= 0.3 is 0 Å². The Morgan fingerprint density at radius 2 is 2.08 bits per heavy atom. The van der Waals surface area contributed by atoms with Crippen molar-refractivity contribution in [3.05, 3.63) is 12.2 Å². The zero-order chi connectivity index (χ0) is 9.59. The molecule has 2 aliphatic carbocycles. The molecule has 0 aromatic heterocycles. The quantitative estimate of drug-likeness (QED) is 0.512. The van der Waals surface area contributed by atoms with Gasteiger partial charge in [-0.15, -0.1) is 0 Å². The van der Waals surface area contributed by atoms with Crippen molar-refractivity contribution >= 4 is 5.78 Å². The van der Waals surface area contributed by atoms with E-state index in [1.165, 1.54) is 5.06 Å². The largest absolute Gasteiger partial charge is 0.314 e. The van der Waals surface area contributed by atoms with Crippen LogP contribution in [0.1, 0.15) is 13.3 Å². The Bertz CT molecular complexity index is 260. The van der Waals surface area contributed by atoms with Crippen LogP contribution in [0.3, 0.4) is 0 Å². The average Bonchev–Trinajstić information content (AvgIpc) is 2.60. The van der Waals surface area contributed by atoms with Crippen LogP contribution in [0.25, 0.3) is 0 Å². The van der Waals surface area contributed by atoms with Gasteiger partial charge < -0.3 is 5.21 Å². The van der Waals surface area contributed by atoms with E-state index in [1.54, 1.807) is 14.0 Å². The minimum absolute atomic E-state index is 0.00463. The van der Waals surface area contributed by atoms with Gasteiger partial charge in [0, 0.05) is 13.0 Å². The third kappa shape index (κ3) is 1.23. The topological polar surface area (TPSA) is 40.5 Å². The van der Waals surface area contributed by atoms with Crippen LogP contribution >= 0.6 is 0 Å². The summed E-state index contributed by atoms with van der Waals surface area (Å²) in [4.78, 5) is 11.4. The molecule has 4 atom stereocenters. The molecule has 0 amide bonds. The van der Waals surface area contributed by atoms with Gasteiger partial charge in [0.05, 0.1) is 6.04 Å². The predicted octanol–water partition coefficient (Wildman–Crippen LogP) is 1.09. The van der Waals surface area contributed by atoms with Crippen LogP contribution in [0, 0.1) is 17.8 Å². The Morgan fingerprint density at radius 1 is 1.46 bits per heavy atom. The number of rotatable bonds is 2. The summed E-state index contributed by atoms with van der Waals surface area (Å²) < 4.78 is 0. The van der Waals surface area contributed by atoms with Crippen LogP contribution < -0.4 is 0 Å². The number of carbonyl (C=O) groups is 1. The summed E-state index contributed by atoms with van der Waals surface area (Å²) in [5.41, 5.74) is 0. The summed E-state index contributed by atoms with van der Waals surface area (Å²) in [5.74, 6) is 0.934. The van der Waals surface area contributed by atoms with Gasteiger partial charge in [-0.05, 0) is 25.2 Å². The lowest BCUT2D eigenvalue weighted by molar-refractivity contribution is -0.142. The normalized spacial score (nSPS) is 41.8. The SMILES string of the molecule is CC(=O)[C@@H]1C2C=CC(C2)[C@@H]1N(C)O. The minimum atomic E-state index is 0.00463. The average molecular weight is 181 g/mol. The molecule has 1 fully saturated rings. The number of ketones is 1. The van der Waals surface area contributed by atoms with Crippen LogP contribution in [0.4, 0.5) is 0 Å². The molecule has 2 bridgehead atoms. The van der Waals surface area contributed by atoms with Crippen LogP contribution in [-0.4, -0.2) is 29.1 Å². The molecule has 2 unspecified atom stereocenters. The molecule has 3 nitrogen and oxygen atoms in total. The van der Waals surface area contributed by atoms with E-state index >= 15 is 0 Å². The fraction of sp³-hybridized carbons (Fsp3) is 0.700. The van der Waals surface area contributed by atoms with Crippen molar-refractivity contribution in [2.45, 2.75) is 19.4 Å². The minimum Gasteiger partial charge on any atom is -0.314 e. The van der Waals surface area contributed by atoms with Crippen LogP contribution in [0.5, 0.6) is 0 Å². The van der Waals surface area contributed by atoms with Gasteiger partial charge in [0.15, 0.2) is 0 Å². The number of Topliss-reactive ketones (excluding diaryl/α,β-unsaturated/α-hetero) is 1. The Balaban J connectivity index is 2.25. The number of allylic oxidation sites excluding steroid dienone is 1. The molecule has 2 aliphatic rings. The van der Waals surface area contributed by atoms with E-state index in [0.29, 0.717) is 11.8 Å². The number of hydroxylamine groups is 2. The smallest absolute Gasteiger partial charge is 0.135 e. The maximum atomic E-state index is 11.4. The molecule has 0 saturated heterocycles. The highest BCUT2D eigenvalue weighted by molar-refractivity contribution is 5.80. The number of hydrogen-bond donors (Lipinski definition) is 1. The summed E-state index contributed by atoms with van der Waals surface area (Å²) in [6.07, 6.45) is 5.28. The molecule has 0 aromatic rings. The molecule has 2 rings (SSSR count). The third-order valence-electron chi connectivity index (χ3n) is 3.32. The van der Waals surface area contributed by atoms with Crippen LogP contribution in [-0.2, 0) is 4.79 Å². The van der Waals surface area contributed by atoms with Gasteiger partial charge in [0.25, 0.3) is 0 Å². The monoisotopic (exact) mass is 181 g/mol. The van der Waals surface area contributed by atoms with Crippen molar-refractivity contribution in [3.8, 4) is 0 Å². The van der Waals surface area contributed by atoms with Gasteiger partial charge in [-0.3, -0.25) is 4.79 Å². The second kappa shape index (κ2) is 2.93. The molecule has 0 heterocycles. The number of nitrogens with zero attached hydrogens (tertiary/aromatic N) is 1. The number of carbonyl (C=O) groups excluding carboxylic acids is 1. The van der Waals surface area contributed by atoms with E-state index in [0.717, 1.165) is 6.42 Å². The molecule has 13 heavy (non-hydrogen) atoms. The van der Waals surface area contributed by atoms with E-state index < -0.39 is 0 Å². The van der Waals surface area contributed by atoms with Crippen molar-refractivity contribution < 1.29 is 10.0 Å². The second-order valence-corrected chi connectivity index (χ2v) is 4.15. The van der Waals surface area contributed by atoms with Gasteiger partial charge in [-0.1, -0.05) is 12.2 Å². The second-order valence-electron chi connectivity index (χ2n) is 4.15. The van der Waals surface area contributed by atoms with Crippen molar-refractivity contribution in [1.82, 2.24) is 5.06 Å². The first-order valence-corrected chi connectivity index (χ1v) is 4.71. The molecule has 1 N–H and O–H groups in total. The fourth-order valence-corrected chi connectivity index (χ4v) is 2.85. The fourth-order valence-electron chi connectivity index (χ4n) is 2.85. The lowest BCUT2D eigenvalue weighted by Gasteiger charge is -2.29. The molecule has 3 heteroatoms. The Labute approximate surface area is 78.0 Å². The highest BCUT2D eigenvalue weighted by atomic mass is 16.5. The zero-order valence-electron chi connectivity index (χ0n) is 7.97. The maximum Gasteiger partial charge on any atom is 0.135 e. The van der Waals surface area contributed by atoms with Gasteiger partial charge in [-0.25, -0.2) is 0 Å². The highest BCUT2D eigenvalue weighted by Crippen LogP contribution is 2.45. The first-order valence-electron chi connectivity index (χ1n) is 4.71. The van der Waals surface area contributed by atoms with E-state index in [9.17, 15) is 10.0 Å². The van der Waals surface area contributed by atoms with Crippen LogP contribution in [0.15, 0.2) is 12.2 Å². The maximum absolute atomic E-state index is 11.4. The highest BCUT2D eigenvalue weighted by Gasteiger charge is 2.48. The molecule has 1 saturated carbocycles. The summed E-state index contributed by atoms with van der Waals surface area (Å²) in [5, 5.41) is 10.6. The lowest BCUT2D eigenvalue weighted by Crippen LogP contribution is -2.41. The van der Waals surface area contributed by atoms with Crippen molar-refractivity contribution in [2.75, 3.05) is 7.05 Å². The van der Waals surface area contributed by atoms with Crippen molar-refractivity contribution in [3.63, 3.8) is 0 Å². The molecule has 0 radical (unpaired) electrons. The molecular formula is C10H15NO2. The third-order valence-corrected chi connectivity index (χ3v) is 3.32. The number of fused-ring (bicyclic) bond motifs is 2. The summed E-state index contributed by atoms with van der Waals surface area (Å²) in [6, 6.07) is 0.00694. The summed E-state index contributed by atoms with van der Waals surface area (Å²) >= 11 is 0.